The third-order valence-corrected chi connectivity index (χ3v) is 4.19. The van der Waals surface area contributed by atoms with Crippen LogP contribution in [0.25, 0.3) is 10.2 Å². The number of aromatic nitrogens is 1. The van der Waals surface area contributed by atoms with E-state index in [2.05, 4.69) is 32.3 Å². The Kier molecular flexibility index (Phi) is 2.93. The third kappa shape index (κ3) is 2.00. The largest absolute Gasteiger partial charge is 0.368 e. The lowest BCUT2D eigenvalue weighted by Crippen LogP contribution is -2.33. The molecule has 1 N–H and O–H groups in total. The minimum atomic E-state index is 0.116. The second-order valence-corrected chi connectivity index (χ2v) is 5.71. The number of thiazole rings is 1. The number of halogens is 1. The van der Waals surface area contributed by atoms with E-state index in [1.54, 1.807) is 11.3 Å². The summed E-state index contributed by atoms with van der Waals surface area (Å²) in [5.74, 6) is 0. The topological polar surface area (TPSA) is 34.1 Å². The van der Waals surface area contributed by atoms with Crippen molar-refractivity contribution in [3.8, 4) is 0 Å². The summed E-state index contributed by atoms with van der Waals surface area (Å²) in [5, 5.41) is 4.39. The molecular weight excluding hydrogens is 288 g/mol. The quantitative estimate of drug-likeness (QED) is 0.879. The Morgan fingerprint density at radius 1 is 1.50 bits per heavy atom. The van der Waals surface area contributed by atoms with Gasteiger partial charge in [-0.15, -0.1) is 11.3 Å². The highest BCUT2D eigenvalue weighted by molar-refractivity contribution is 9.10. The summed E-state index contributed by atoms with van der Waals surface area (Å²) in [7, 11) is 0. The van der Waals surface area contributed by atoms with Crippen molar-refractivity contribution in [2.24, 2.45) is 0 Å². The SMILES string of the molecule is Brc1ccc2sc(C3CNCCO3)nc2c1. The molecule has 16 heavy (non-hydrogen) atoms. The predicted molar refractivity (Wildman–Crippen MR) is 68.9 cm³/mol. The van der Waals surface area contributed by atoms with Crippen LogP contribution < -0.4 is 5.32 Å². The van der Waals surface area contributed by atoms with Gasteiger partial charge in [0.25, 0.3) is 0 Å². The van der Waals surface area contributed by atoms with Gasteiger partial charge in [-0.3, -0.25) is 0 Å². The van der Waals surface area contributed by atoms with Gasteiger partial charge in [-0.1, -0.05) is 15.9 Å². The molecule has 0 aliphatic carbocycles. The fraction of sp³-hybridized carbons (Fsp3) is 0.364. The Morgan fingerprint density at radius 3 is 3.25 bits per heavy atom. The van der Waals surface area contributed by atoms with Crippen LogP contribution >= 0.6 is 27.3 Å². The van der Waals surface area contributed by atoms with E-state index < -0.39 is 0 Å². The lowest BCUT2D eigenvalue weighted by Gasteiger charge is -2.21. The molecule has 0 saturated carbocycles. The molecule has 1 unspecified atom stereocenters. The molecule has 84 valence electrons. The summed E-state index contributed by atoms with van der Waals surface area (Å²) >= 11 is 5.17. The average molecular weight is 299 g/mol. The molecular formula is C11H11BrN2OS. The molecule has 0 spiro atoms. The van der Waals surface area contributed by atoms with Gasteiger partial charge in [0.1, 0.15) is 11.1 Å². The van der Waals surface area contributed by atoms with Gasteiger partial charge in [-0.2, -0.15) is 0 Å². The fourth-order valence-electron chi connectivity index (χ4n) is 1.78. The van der Waals surface area contributed by atoms with Crippen molar-refractivity contribution < 1.29 is 4.74 Å². The highest BCUT2D eigenvalue weighted by atomic mass is 79.9. The van der Waals surface area contributed by atoms with E-state index in [0.29, 0.717) is 0 Å². The zero-order chi connectivity index (χ0) is 11.0. The Hall–Kier alpha value is -0.490. The van der Waals surface area contributed by atoms with E-state index in [0.717, 1.165) is 34.7 Å². The second-order valence-electron chi connectivity index (χ2n) is 3.73. The first-order valence-corrected chi connectivity index (χ1v) is 6.82. The zero-order valence-electron chi connectivity index (χ0n) is 8.57. The van der Waals surface area contributed by atoms with Crippen molar-refractivity contribution in [1.82, 2.24) is 10.3 Å². The van der Waals surface area contributed by atoms with E-state index in [9.17, 15) is 0 Å². The lowest BCUT2D eigenvalue weighted by molar-refractivity contribution is 0.0277. The van der Waals surface area contributed by atoms with Gasteiger partial charge in [0.2, 0.25) is 0 Å². The van der Waals surface area contributed by atoms with E-state index >= 15 is 0 Å². The maximum atomic E-state index is 5.70. The lowest BCUT2D eigenvalue weighted by atomic mass is 10.3. The molecule has 3 nitrogen and oxygen atoms in total. The maximum absolute atomic E-state index is 5.70. The van der Waals surface area contributed by atoms with Crippen LogP contribution in [-0.2, 0) is 4.74 Å². The average Bonchev–Trinajstić information content (AvgIpc) is 2.73. The van der Waals surface area contributed by atoms with E-state index in [-0.39, 0.29) is 6.10 Å². The molecule has 1 aliphatic heterocycles. The van der Waals surface area contributed by atoms with Crippen molar-refractivity contribution >= 4 is 37.5 Å². The predicted octanol–water partition coefficient (Wildman–Crippen LogP) is 2.72. The zero-order valence-corrected chi connectivity index (χ0v) is 11.0. The molecule has 1 aliphatic rings. The fourth-order valence-corrected chi connectivity index (χ4v) is 3.13. The Morgan fingerprint density at radius 2 is 2.44 bits per heavy atom. The van der Waals surface area contributed by atoms with Crippen LogP contribution in [0.2, 0.25) is 0 Å². The van der Waals surface area contributed by atoms with E-state index in [4.69, 9.17) is 4.74 Å². The third-order valence-electron chi connectivity index (χ3n) is 2.57. The van der Waals surface area contributed by atoms with Gasteiger partial charge in [0.15, 0.2) is 0 Å². The number of rotatable bonds is 1. The van der Waals surface area contributed by atoms with Crippen LogP contribution in [0.1, 0.15) is 11.1 Å². The van der Waals surface area contributed by atoms with Gasteiger partial charge in [-0.25, -0.2) is 4.98 Å². The summed E-state index contributed by atoms with van der Waals surface area (Å²) in [6.07, 6.45) is 0.116. The molecule has 0 radical (unpaired) electrons. The second kappa shape index (κ2) is 4.41. The summed E-state index contributed by atoms with van der Waals surface area (Å²) in [6.45, 7) is 2.57. The summed E-state index contributed by atoms with van der Waals surface area (Å²) < 4.78 is 7.98. The normalized spacial score (nSPS) is 21.4. The molecule has 2 aromatic rings. The molecule has 1 aromatic heterocycles. The molecule has 2 heterocycles. The number of fused-ring (bicyclic) bond motifs is 1. The van der Waals surface area contributed by atoms with Crippen LogP contribution in [0.15, 0.2) is 22.7 Å². The molecule has 0 amide bonds. The number of morpholine rings is 1. The van der Waals surface area contributed by atoms with Crippen molar-refractivity contribution in [3.63, 3.8) is 0 Å². The van der Waals surface area contributed by atoms with Gasteiger partial charge >= 0.3 is 0 Å². The van der Waals surface area contributed by atoms with Gasteiger partial charge in [0, 0.05) is 17.6 Å². The molecule has 1 saturated heterocycles. The standard InChI is InChI=1S/C11H11BrN2OS/c12-7-1-2-10-8(5-7)14-11(16-10)9-6-13-3-4-15-9/h1-2,5,9,13H,3-4,6H2. The van der Waals surface area contributed by atoms with Crippen LogP contribution in [0, 0.1) is 0 Å². The molecule has 0 bridgehead atoms. The van der Waals surface area contributed by atoms with Crippen molar-refractivity contribution in [2.75, 3.05) is 19.7 Å². The molecule has 5 heteroatoms. The summed E-state index contributed by atoms with van der Waals surface area (Å²) in [4.78, 5) is 4.62. The van der Waals surface area contributed by atoms with Crippen molar-refractivity contribution in [1.29, 1.82) is 0 Å². The first-order valence-electron chi connectivity index (χ1n) is 5.21. The van der Waals surface area contributed by atoms with Crippen molar-refractivity contribution in [2.45, 2.75) is 6.10 Å². The highest BCUT2D eigenvalue weighted by Gasteiger charge is 2.19. The van der Waals surface area contributed by atoms with Gasteiger partial charge < -0.3 is 10.1 Å². The van der Waals surface area contributed by atoms with E-state index in [1.165, 1.54) is 4.70 Å². The van der Waals surface area contributed by atoms with Gasteiger partial charge in [-0.05, 0) is 18.2 Å². The maximum Gasteiger partial charge on any atom is 0.124 e. The first-order chi connectivity index (χ1) is 7.83. The number of ether oxygens (including phenoxy) is 1. The Balaban J connectivity index is 1.97. The van der Waals surface area contributed by atoms with Crippen LogP contribution in [0.3, 0.4) is 0 Å². The monoisotopic (exact) mass is 298 g/mol. The minimum Gasteiger partial charge on any atom is -0.368 e. The summed E-state index contributed by atoms with van der Waals surface area (Å²) in [6, 6.07) is 6.19. The Bertz CT molecular complexity index is 508. The van der Waals surface area contributed by atoms with Crippen LogP contribution in [-0.4, -0.2) is 24.7 Å². The highest BCUT2D eigenvalue weighted by Crippen LogP contribution is 2.30. The molecule has 1 fully saturated rings. The molecule has 3 rings (SSSR count). The van der Waals surface area contributed by atoms with E-state index in [1.807, 2.05) is 12.1 Å². The van der Waals surface area contributed by atoms with Crippen LogP contribution in [0.5, 0.6) is 0 Å². The first kappa shape index (κ1) is 10.7. The molecule has 1 aromatic carbocycles. The van der Waals surface area contributed by atoms with Gasteiger partial charge in [0.05, 0.1) is 16.8 Å². The summed E-state index contributed by atoms with van der Waals surface area (Å²) in [5.41, 5.74) is 1.04. The number of nitrogens with one attached hydrogen (secondary N) is 1. The number of hydrogen-bond acceptors (Lipinski definition) is 4. The minimum absolute atomic E-state index is 0.116. The molecule has 1 atom stereocenters. The van der Waals surface area contributed by atoms with Crippen molar-refractivity contribution in [3.05, 3.63) is 27.7 Å². The number of hydrogen-bond donors (Lipinski definition) is 1. The number of nitrogens with zero attached hydrogens (tertiary/aromatic N) is 1. The van der Waals surface area contributed by atoms with Crippen LogP contribution in [0.4, 0.5) is 0 Å². The Labute approximate surface area is 106 Å². The number of benzene rings is 1. The smallest absolute Gasteiger partial charge is 0.124 e.